The van der Waals surface area contributed by atoms with Gasteiger partial charge in [-0.3, -0.25) is 4.79 Å². The zero-order valence-electron chi connectivity index (χ0n) is 15.1. The first kappa shape index (κ1) is 19.3. The third-order valence-corrected chi connectivity index (χ3v) is 5.45. The molecule has 0 aromatic heterocycles. The van der Waals surface area contributed by atoms with Crippen molar-refractivity contribution in [1.82, 2.24) is 0 Å². The number of hydrogen-bond donors (Lipinski definition) is 1. The summed E-state index contributed by atoms with van der Waals surface area (Å²) < 4.78 is 12.3. The predicted molar refractivity (Wildman–Crippen MR) is 102 cm³/mol. The van der Waals surface area contributed by atoms with Gasteiger partial charge in [0, 0.05) is 19.2 Å². The summed E-state index contributed by atoms with van der Waals surface area (Å²) in [5.74, 6) is 0.546. The summed E-state index contributed by atoms with van der Waals surface area (Å²) in [6, 6.07) is 8.05. The van der Waals surface area contributed by atoms with Crippen LogP contribution in [0.25, 0.3) is 6.08 Å². The van der Waals surface area contributed by atoms with Crippen LogP contribution >= 0.6 is 11.8 Å². The highest BCUT2D eigenvalue weighted by atomic mass is 32.2. The standard InChI is InChI=1S/C18H26BNO3S/c1-13(21)24-12-16(10-14-6-8-15(11-20)9-7-14)19-22-17(2,3)18(4,5)23-19/h6-10H,11-12,20H2,1-5H3. The van der Waals surface area contributed by atoms with Crippen molar-refractivity contribution in [2.24, 2.45) is 5.73 Å². The predicted octanol–water partition coefficient (Wildman–Crippen LogP) is 3.44. The second-order valence-electron chi connectivity index (χ2n) is 7.03. The largest absolute Gasteiger partial charge is 0.491 e. The van der Waals surface area contributed by atoms with E-state index in [0.717, 1.165) is 16.6 Å². The summed E-state index contributed by atoms with van der Waals surface area (Å²) in [6.45, 7) is 10.2. The highest BCUT2D eigenvalue weighted by Gasteiger charge is 2.52. The molecule has 1 fully saturated rings. The summed E-state index contributed by atoms with van der Waals surface area (Å²) in [5, 5.41) is 0.0795. The summed E-state index contributed by atoms with van der Waals surface area (Å²) in [4.78, 5) is 11.4. The van der Waals surface area contributed by atoms with Crippen LogP contribution in [0.4, 0.5) is 0 Å². The lowest BCUT2D eigenvalue weighted by atomic mass is 9.78. The van der Waals surface area contributed by atoms with Crippen LogP contribution in [0.2, 0.25) is 0 Å². The van der Waals surface area contributed by atoms with Gasteiger partial charge in [0.05, 0.1) is 11.2 Å². The minimum atomic E-state index is -0.448. The molecule has 24 heavy (non-hydrogen) atoms. The highest BCUT2D eigenvalue weighted by molar-refractivity contribution is 8.13. The van der Waals surface area contributed by atoms with E-state index in [1.165, 1.54) is 11.8 Å². The molecule has 0 saturated carbocycles. The van der Waals surface area contributed by atoms with Gasteiger partial charge in [-0.15, -0.1) is 0 Å². The average molecular weight is 347 g/mol. The van der Waals surface area contributed by atoms with Crippen molar-refractivity contribution in [3.05, 3.63) is 40.9 Å². The number of carbonyl (C=O) groups is 1. The minimum absolute atomic E-state index is 0.0795. The van der Waals surface area contributed by atoms with Gasteiger partial charge < -0.3 is 15.0 Å². The van der Waals surface area contributed by atoms with Crippen LogP contribution in [0.3, 0.4) is 0 Å². The highest BCUT2D eigenvalue weighted by Crippen LogP contribution is 2.39. The van der Waals surface area contributed by atoms with Crippen molar-refractivity contribution in [2.45, 2.75) is 52.4 Å². The fraction of sp³-hybridized carbons (Fsp3) is 0.500. The van der Waals surface area contributed by atoms with Crippen molar-refractivity contribution in [2.75, 3.05) is 5.75 Å². The minimum Gasteiger partial charge on any atom is -0.400 e. The summed E-state index contributed by atoms with van der Waals surface area (Å²) in [7, 11) is -0.448. The van der Waals surface area contributed by atoms with Gasteiger partial charge in [0.25, 0.3) is 0 Å². The Balaban J connectivity index is 2.27. The number of benzene rings is 1. The Morgan fingerprint density at radius 3 is 2.17 bits per heavy atom. The third-order valence-electron chi connectivity index (χ3n) is 4.57. The van der Waals surface area contributed by atoms with Crippen LogP contribution in [-0.4, -0.2) is 29.2 Å². The molecule has 1 aliphatic rings. The molecular weight excluding hydrogens is 321 g/mol. The molecule has 4 nitrogen and oxygen atoms in total. The van der Waals surface area contributed by atoms with Crippen LogP contribution < -0.4 is 5.73 Å². The Hall–Kier alpha value is -1.08. The molecule has 1 aromatic rings. The molecule has 0 unspecified atom stereocenters. The van der Waals surface area contributed by atoms with Crippen LogP contribution in [0.15, 0.2) is 29.7 Å². The quantitative estimate of drug-likeness (QED) is 0.827. The zero-order chi connectivity index (χ0) is 18.0. The maximum atomic E-state index is 11.4. The number of carbonyl (C=O) groups excluding carboxylic acids is 1. The molecule has 0 bridgehead atoms. The maximum Gasteiger partial charge on any atom is 0.491 e. The Morgan fingerprint density at radius 2 is 1.71 bits per heavy atom. The molecule has 1 aliphatic heterocycles. The fourth-order valence-electron chi connectivity index (χ4n) is 2.32. The lowest BCUT2D eigenvalue weighted by molar-refractivity contribution is -0.109. The zero-order valence-corrected chi connectivity index (χ0v) is 15.9. The normalized spacial score (nSPS) is 19.6. The number of thioether (sulfide) groups is 1. The van der Waals surface area contributed by atoms with E-state index in [4.69, 9.17) is 15.0 Å². The van der Waals surface area contributed by atoms with Crippen molar-refractivity contribution < 1.29 is 14.1 Å². The van der Waals surface area contributed by atoms with E-state index in [-0.39, 0.29) is 5.12 Å². The van der Waals surface area contributed by atoms with Gasteiger partial charge in [-0.1, -0.05) is 42.1 Å². The molecule has 6 heteroatoms. The first-order valence-electron chi connectivity index (χ1n) is 8.13. The second-order valence-corrected chi connectivity index (χ2v) is 8.19. The summed E-state index contributed by atoms with van der Waals surface area (Å²) >= 11 is 1.27. The Kier molecular flexibility index (Phi) is 5.97. The van der Waals surface area contributed by atoms with Gasteiger partial charge in [-0.2, -0.15) is 0 Å². The molecule has 0 amide bonds. The van der Waals surface area contributed by atoms with Gasteiger partial charge in [-0.05, 0) is 44.3 Å². The van der Waals surface area contributed by atoms with E-state index >= 15 is 0 Å². The van der Waals surface area contributed by atoms with E-state index < -0.39 is 18.3 Å². The molecule has 2 rings (SSSR count). The number of rotatable bonds is 5. The molecule has 0 spiro atoms. The molecule has 1 saturated heterocycles. The first-order chi connectivity index (χ1) is 11.1. The van der Waals surface area contributed by atoms with Crippen molar-refractivity contribution in [3.63, 3.8) is 0 Å². The molecule has 130 valence electrons. The molecule has 1 heterocycles. The SMILES string of the molecule is CC(=O)SCC(=Cc1ccc(CN)cc1)B1OC(C)(C)C(C)(C)O1. The summed E-state index contributed by atoms with van der Waals surface area (Å²) in [5.41, 5.74) is 7.92. The van der Waals surface area contributed by atoms with Crippen molar-refractivity contribution >= 4 is 30.1 Å². The Bertz CT molecular complexity index is 610. The smallest absolute Gasteiger partial charge is 0.400 e. The van der Waals surface area contributed by atoms with Crippen LogP contribution in [0, 0.1) is 0 Å². The van der Waals surface area contributed by atoms with Gasteiger partial charge in [0.2, 0.25) is 0 Å². The van der Waals surface area contributed by atoms with Crippen molar-refractivity contribution in [1.29, 1.82) is 0 Å². The topological polar surface area (TPSA) is 61.6 Å². The lowest BCUT2D eigenvalue weighted by Crippen LogP contribution is -2.41. The second kappa shape index (κ2) is 7.44. The molecule has 2 N–H and O–H groups in total. The van der Waals surface area contributed by atoms with Crippen LogP contribution in [0.1, 0.15) is 45.7 Å². The molecule has 0 radical (unpaired) electrons. The van der Waals surface area contributed by atoms with E-state index in [1.807, 2.05) is 58.0 Å². The Labute approximate surface area is 149 Å². The monoisotopic (exact) mass is 347 g/mol. The number of hydrogen-bond acceptors (Lipinski definition) is 5. The van der Waals surface area contributed by atoms with E-state index in [1.54, 1.807) is 6.92 Å². The third kappa shape index (κ3) is 4.51. The molecular formula is C18H26BNO3S. The van der Waals surface area contributed by atoms with Gasteiger partial charge in [0.1, 0.15) is 0 Å². The molecule has 0 atom stereocenters. The van der Waals surface area contributed by atoms with Crippen LogP contribution in [0.5, 0.6) is 0 Å². The first-order valence-corrected chi connectivity index (χ1v) is 9.11. The molecule has 1 aromatic carbocycles. The van der Waals surface area contributed by atoms with Crippen molar-refractivity contribution in [3.8, 4) is 0 Å². The van der Waals surface area contributed by atoms with E-state index in [0.29, 0.717) is 12.3 Å². The van der Waals surface area contributed by atoms with Gasteiger partial charge in [-0.25, -0.2) is 0 Å². The lowest BCUT2D eigenvalue weighted by Gasteiger charge is -2.32. The van der Waals surface area contributed by atoms with Gasteiger partial charge >= 0.3 is 7.12 Å². The summed E-state index contributed by atoms with van der Waals surface area (Å²) in [6.07, 6.45) is 2.04. The number of nitrogens with two attached hydrogens (primary N) is 1. The maximum absolute atomic E-state index is 11.4. The van der Waals surface area contributed by atoms with E-state index in [9.17, 15) is 4.79 Å². The Morgan fingerprint density at radius 1 is 1.17 bits per heavy atom. The fourth-order valence-corrected chi connectivity index (χ4v) is 2.91. The average Bonchev–Trinajstić information content (AvgIpc) is 2.72. The molecule has 0 aliphatic carbocycles. The van der Waals surface area contributed by atoms with Crippen LogP contribution in [-0.2, 0) is 20.6 Å². The van der Waals surface area contributed by atoms with E-state index in [2.05, 4.69) is 0 Å². The van der Waals surface area contributed by atoms with Gasteiger partial charge in [0.15, 0.2) is 5.12 Å².